The Morgan fingerprint density at radius 2 is 0.917 bits per heavy atom. The van der Waals surface area contributed by atoms with E-state index < -0.39 is 23.0 Å². The third kappa shape index (κ3) is 3.47. The molecule has 0 fully saturated rings. The highest BCUT2D eigenvalue weighted by molar-refractivity contribution is 5.36. The minimum Gasteiger partial charge on any atom is -0.494 e. The SMILES string of the molecule is CCOc1ccc(C(F)(F)C(F)(F)c2ccc(OCC)cc2)cc1. The third-order valence-corrected chi connectivity index (χ3v) is 3.45. The molecule has 0 aliphatic carbocycles. The van der Waals surface area contributed by atoms with Crippen molar-refractivity contribution in [2.75, 3.05) is 13.2 Å². The van der Waals surface area contributed by atoms with Crippen LogP contribution in [0, 0.1) is 0 Å². The van der Waals surface area contributed by atoms with Crippen LogP contribution in [-0.2, 0) is 11.8 Å². The predicted molar refractivity (Wildman–Crippen MR) is 83.0 cm³/mol. The lowest BCUT2D eigenvalue weighted by Gasteiger charge is -2.27. The Hall–Kier alpha value is -2.24. The number of halogens is 4. The second kappa shape index (κ2) is 7.11. The van der Waals surface area contributed by atoms with Crippen LogP contribution in [0.25, 0.3) is 0 Å². The fraction of sp³-hybridized carbons (Fsp3) is 0.333. The first-order valence-corrected chi connectivity index (χ1v) is 7.55. The van der Waals surface area contributed by atoms with Crippen LogP contribution in [0.15, 0.2) is 48.5 Å². The zero-order valence-corrected chi connectivity index (χ0v) is 13.4. The average molecular weight is 342 g/mol. The lowest BCUT2D eigenvalue weighted by Crippen LogP contribution is -2.35. The molecule has 0 aliphatic rings. The molecule has 0 saturated heterocycles. The Kier molecular flexibility index (Phi) is 5.36. The first-order chi connectivity index (χ1) is 11.3. The van der Waals surface area contributed by atoms with E-state index in [2.05, 4.69) is 0 Å². The molecular formula is C18H18F4O2. The van der Waals surface area contributed by atoms with Gasteiger partial charge in [0.2, 0.25) is 0 Å². The van der Waals surface area contributed by atoms with Gasteiger partial charge in [-0.05, 0) is 62.4 Å². The van der Waals surface area contributed by atoms with Crippen molar-refractivity contribution >= 4 is 0 Å². The van der Waals surface area contributed by atoms with Crippen LogP contribution < -0.4 is 9.47 Å². The second-order valence-electron chi connectivity index (χ2n) is 5.06. The standard InChI is InChI=1S/C18H18F4O2/c1-3-23-15-9-5-13(6-10-15)17(19,20)18(21,22)14-7-11-16(12-8-14)24-4-2/h5-12H,3-4H2,1-2H3. The van der Waals surface area contributed by atoms with Crippen molar-refractivity contribution in [2.24, 2.45) is 0 Å². The minimum atomic E-state index is -4.36. The first-order valence-electron chi connectivity index (χ1n) is 7.55. The molecule has 6 heteroatoms. The Bertz CT molecular complexity index is 592. The van der Waals surface area contributed by atoms with Crippen LogP contribution in [0.3, 0.4) is 0 Å². The summed E-state index contributed by atoms with van der Waals surface area (Å²) in [6, 6.07) is 8.81. The molecule has 0 radical (unpaired) electrons. The van der Waals surface area contributed by atoms with Crippen LogP contribution in [0.4, 0.5) is 17.6 Å². The molecule has 0 aromatic heterocycles. The Balaban J connectivity index is 2.30. The van der Waals surface area contributed by atoms with E-state index in [4.69, 9.17) is 9.47 Å². The molecule has 2 rings (SSSR count). The molecule has 0 unspecified atom stereocenters. The van der Waals surface area contributed by atoms with Gasteiger partial charge in [0.15, 0.2) is 0 Å². The second-order valence-corrected chi connectivity index (χ2v) is 5.06. The van der Waals surface area contributed by atoms with Gasteiger partial charge in [0.05, 0.1) is 13.2 Å². The predicted octanol–water partition coefficient (Wildman–Crippen LogP) is 5.37. The summed E-state index contributed by atoms with van der Waals surface area (Å²) < 4.78 is 67.7. The summed E-state index contributed by atoms with van der Waals surface area (Å²) in [5, 5.41) is 0. The van der Waals surface area contributed by atoms with E-state index in [0.29, 0.717) is 24.7 Å². The van der Waals surface area contributed by atoms with Gasteiger partial charge in [-0.15, -0.1) is 0 Å². The molecule has 2 nitrogen and oxygen atoms in total. The molecule has 0 bridgehead atoms. The number of hydrogen-bond donors (Lipinski definition) is 0. The van der Waals surface area contributed by atoms with E-state index in [1.54, 1.807) is 13.8 Å². The van der Waals surface area contributed by atoms with E-state index >= 15 is 0 Å². The molecule has 0 spiro atoms. The van der Waals surface area contributed by atoms with Gasteiger partial charge in [-0.25, -0.2) is 0 Å². The minimum absolute atomic E-state index is 0.349. The van der Waals surface area contributed by atoms with E-state index in [9.17, 15) is 17.6 Å². The number of ether oxygens (including phenoxy) is 2. The van der Waals surface area contributed by atoms with Crippen molar-refractivity contribution in [3.05, 3.63) is 59.7 Å². The fourth-order valence-corrected chi connectivity index (χ4v) is 2.22. The van der Waals surface area contributed by atoms with Crippen LogP contribution in [0.5, 0.6) is 11.5 Å². The Morgan fingerprint density at radius 3 is 1.17 bits per heavy atom. The molecular weight excluding hydrogens is 324 g/mol. The van der Waals surface area contributed by atoms with Crippen LogP contribution in [0.1, 0.15) is 25.0 Å². The molecule has 2 aromatic rings. The van der Waals surface area contributed by atoms with Gasteiger partial charge in [-0.3, -0.25) is 0 Å². The number of alkyl halides is 4. The first kappa shape index (κ1) is 18.1. The van der Waals surface area contributed by atoms with E-state index in [1.807, 2.05) is 0 Å². The molecule has 0 atom stereocenters. The summed E-state index contributed by atoms with van der Waals surface area (Å²) in [4.78, 5) is 0. The molecule has 0 aliphatic heterocycles. The topological polar surface area (TPSA) is 18.5 Å². The lowest BCUT2D eigenvalue weighted by molar-refractivity contribution is -0.223. The molecule has 130 valence electrons. The quantitative estimate of drug-likeness (QED) is 0.630. The van der Waals surface area contributed by atoms with Gasteiger partial charge in [-0.1, -0.05) is 0 Å². The van der Waals surface area contributed by atoms with Crippen LogP contribution >= 0.6 is 0 Å². The van der Waals surface area contributed by atoms with Gasteiger partial charge >= 0.3 is 11.8 Å². The lowest BCUT2D eigenvalue weighted by atomic mass is 9.96. The molecule has 0 saturated carbocycles. The summed E-state index contributed by atoms with van der Waals surface area (Å²) >= 11 is 0. The Labute approximate surface area is 138 Å². The maximum atomic E-state index is 14.4. The van der Waals surface area contributed by atoms with Gasteiger partial charge in [0.1, 0.15) is 11.5 Å². The molecule has 0 heterocycles. The van der Waals surface area contributed by atoms with Gasteiger partial charge in [0, 0.05) is 11.1 Å². The number of hydrogen-bond acceptors (Lipinski definition) is 2. The highest BCUT2D eigenvalue weighted by Gasteiger charge is 2.58. The largest absolute Gasteiger partial charge is 0.494 e. The summed E-state index contributed by atoms with van der Waals surface area (Å²) in [6.07, 6.45) is 0. The highest BCUT2D eigenvalue weighted by Crippen LogP contribution is 2.49. The van der Waals surface area contributed by atoms with Crippen LogP contribution in [0.2, 0.25) is 0 Å². The summed E-state index contributed by atoms with van der Waals surface area (Å²) in [5.41, 5.74) is -1.55. The maximum absolute atomic E-state index is 14.4. The van der Waals surface area contributed by atoms with Gasteiger partial charge < -0.3 is 9.47 Å². The van der Waals surface area contributed by atoms with Crippen molar-refractivity contribution in [1.82, 2.24) is 0 Å². The van der Waals surface area contributed by atoms with Crippen molar-refractivity contribution in [1.29, 1.82) is 0 Å². The molecule has 2 aromatic carbocycles. The zero-order valence-electron chi connectivity index (χ0n) is 13.4. The van der Waals surface area contributed by atoms with E-state index in [0.717, 1.165) is 24.3 Å². The van der Waals surface area contributed by atoms with Crippen molar-refractivity contribution in [2.45, 2.75) is 25.7 Å². The average Bonchev–Trinajstić information content (AvgIpc) is 2.56. The molecule has 0 amide bonds. The van der Waals surface area contributed by atoms with E-state index in [1.165, 1.54) is 24.3 Å². The molecule has 0 N–H and O–H groups in total. The van der Waals surface area contributed by atoms with Crippen molar-refractivity contribution < 1.29 is 27.0 Å². The monoisotopic (exact) mass is 342 g/mol. The smallest absolute Gasteiger partial charge is 0.339 e. The maximum Gasteiger partial charge on any atom is 0.339 e. The van der Waals surface area contributed by atoms with Crippen molar-refractivity contribution in [3.63, 3.8) is 0 Å². The summed E-state index contributed by atoms with van der Waals surface area (Å²) in [7, 11) is 0. The fourth-order valence-electron chi connectivity index (χ4n) is 2.22. The van der Waals surface area contributed by atoms with Crippen LogP contribution in [-0.4, -0.2) is 13.2 Å². The van der Waals surface area contributed by atoms with E-state index in [-0.39, 0.29) is 0 Å². The third-order valence-electron chi connectivity index (χ3n) is 3.45. The van der Waals surface area contributed by atoms with Gasteiger partial charge in [0.25, 0.3) is 0 Å². The molecule has 24 heavy (non-hydrogen) atoms. The normalized spacial score (nSPS) is 12.1. The number of benzene rings is 2. The summed E-state index contributed by atoms with van der Waals surface area (Å²) in [5.74, 6) is -8.02. The Morgan fingerprint density at radius 1 is 0.625 bits per heavy atom. The highest BCUT2D eigenvalue weighted by atomic mass is 19.3. The zero-order chi connectivity index (χ0) is 17.8. The van der Waals surface area contributed by atoms with Crippen molar-refractivity contribution in [3.8, 4) is 11.5 Å². The summed E-state index contributed by atoms with van der Waals surface area (Å²) in [6.45, 7) is 4.20. The van der Waals surface area contributed by atoms with Gasteiger partial charge in [-0.2, -0.15) is 17.6 Å². The number of rotatable bonds is 7.